The van der Waals surface area contributed by atoms with Gasteiger partial charge in [-0.1, -0.05) is 60.2 Å². The third kappa shape index (κ3) is 3.91. The zero-order valence-electron chi connectivity index (χ0n) is 18.3. The van der Waals surface area contributed by atoms with Crippen LogP contribution in [0, 0.1) is 12.7 Å². The van der Waals surface area contributed by atoms with Crippen molar-refractivity contribution in [3.63, 3.8) is 0 Å². The van der Waals surface area contributed by atoms with E-state index in [1.165, 1.54) is 23.8 Å². The average Bonchev–Trinajstić information content (AvgIpc) is 3.16. The molecule has 0 saturated carbocycles. The number of hydrogen-bond acceptors (Lipinski definition) is 3. The van der Waals surface area contributed by atoms with Crippen molar-refractivity contribution in [3.05, 3.63) is 107 Å². The molecular formula is C27H20FN3O2S. The number of nitrogens with one attached hydrogen (secondary N) is 1. The Hall–Kier alpha value is -4.10. The molecule has 0 atom stereocenters. The number of amides is 2. The molecule has 1 aliphatic heterocycles. The number of carbonyl (C=O) groups excluding carboxylic acids is 2. The van der Waals surface area contributed by atoms with Crippen LogP contribution >= 0.6 is 12.2 Å². The number of aryl methyl sites for hydroxylation is 1. The second kappa shape index (κ2) is 8.68. The van der Waals surface area contributed by atoms with E-state index in [1.54, 1.807) is 12.1 Å². The normalized spacial score (nSPS) is 15.3. The highest BCUT2D eigenvalue weighted by Gasteiger charge is 2.35. The van der Waals surface area contributed by atoms with Gasteiger partial charge < -0.3 is 4.57 Å². The summed E-state index contributed by atoms with van der Waals surface area (Å²) in [5, 5.41) is 3.25. The van der Waals surface area contributed by atoms with Crippen molar-refractivity contribution in [2.45, 2.75) is 13.5 Å². The van der Waals surface area contributed by atoms with E-state index < -0.39 is 17.6 Å². The van der Waals surface area contributed by atoms with Gasteiger partial charge in [0, 0.05) is 29.2 Å². The molecular weight excluding hydrogens is 449 g/mol. The summed E-state index contributed by atoms with van der Waals surface area (Å²) in [6.07, 6.45) is 3.46. The molecule has 2 heterocycles. The topological polar surface area (TPSA) is 54.3 Å². The molecule has 5 nitrogen and oxygen atoms in total. The van der Waals surface area contributed by atoms with Crippen molar-refractivity contribution >= 4 is 51.8 Å². The van der Waals surface area contributed by atoms with Gasteiger partial charge in [0.1, 0.15) is 11.4 Å². The predicted octanol–water partition coefficient (Wildman–Crippen LogP) is 4.97. The molecule has 34 heavy (non-hydrogen) atoms. The molecule has 1 aromatic heterocycles. The van der Waals surface area contributed by atoms with Crippen molar-refractivity contribution in [1.29, 1.82) is 0 Å². The van der Waals surface area contributed by atoms with Crippen LogP contribution in [0.15, 0.2) is 84.6 Å². The van der Waals surface area contributed by atoms with Crippen LogP contribution in [0.25, 0.3) is 17.0 Å². The molecule has 1 fully saturated rings. The molecule has 1 N–H and O–H groups in total. The zero-order chi connectivity index (χ0) is 23.8. The third-order valence-corrected chi connectivity index (χ3v) is 6.07. The molecule has 1 saturated heterocycles. The summed E-state index contributed by atoms with van der Waals surface area (Å²) in [7, 11) is 0. The van der Waals surface area contributed by atoms with Crippen LogP contribution in [-0.4, -0.2) is 21.5 Å². The minimum Gasteiger partial charge on any atom is -0.342 e. The highest BCUT2D eigenvalue weighted by atomic mass is 32.1. The third-order valence-electron chi connectivity index (χ3n) is 5.79. The van der Waals surface area contributed by atoms with Gasteiger partial charge in [-0.3, -0.25) is 14.9 Å². The fourth-order valence-corrected chi connectivity index (χ4v) is 4.35. The average molecular weight is 470 g/mol. The quantitative estimate of drug-likeness (QED) is 0.261. The maximum Gasteiger partial charge on any atom is 0.270 e. The van der Waals surface area contributed by atoms with E-state index in [1.807, 2.05) is 37.4 Å². The number of para-hydroxylation sites is 2. The summed E-state index contributed by atoms with van der Waals surface area (Å²) in [6.45, 7) is 2.68. The van der Waals surface area contributed by atoms with Crippen molar-refractivity contribution in [2.75, 3.05) is 4.90 Å². The summed E-state index contributed by atoms with van der Waals surface area (Å²) in [5.74, 6) is -1.89. The summed E-state index contributed by atoms with van der Waals surface area (Å²) in [6, 6.07) is 21.9. The van der Waals surface area contributed by atoms with Gasteiger partial charge in [0.15, 0.2) is 5.11 Å². The largest absolute Gasteiger partial charge is 0.342 e. The van der Waals surface area contributed by atoms with Crippen LogP contribution in [-0.2, 0) is 16.1 Å². The van der Waals surface area contributed by atoms with E-state index in [-0.39, 0.29) is 16.4 Å². The van der Waals surface area contributed by atoms with E-state index in [9.17, 15) is 14.0 Å². The minimum absolute atomic E-state index is 0.00907. The summed E-state index contributed by atoms with van der Waals surface area (Å²) >= 11 is 5.18. The first-order chi connectivity index (χ1) is 16.4. The van der Waals surface area contributed by atoms with Gasteiger partial charge in [0.25, 0.3) is 11.8 Å². The van der Waals surface area contributed by atoms with Crippen molar-refractivity contribution < 1.29 is 14.0 Å². The molecule has 0 bridgehead atoms. The van der Waals surface area contributed by atoms with E-state index in [0.29, 0.717) is 12.1 Å². The van der Waals surface area contributed by atoms with Gasteiger partial charge >= 0.3 is 0 Å². The number of fused-ring (bicyclic) bond motifs is 1. The number of halogens is 1. The number of anilines is 1. The van der Waals surface area contributed by atoms with E-state index in [4.69, 9.17) is 12.2 Å². The molecule has 0 radical (unpaired) electrons. The molecule has 7 heteroatoms. The molecule has 0 unspecified atom stereocenters. The number of thiocarbonyl (C=S) groups is 1. The first-order valence-electron chi connectivity index (χ1n) is 10.7. The molecule has 5 rings (SSSR count). The lowest BCUT2D eigenvalue weighted by Crippen LogP contribution is -2.54. The molecule has 1 aliphatic rings. The van der Waals surface area contributed by atoms with Crippen molar-refractivity contribution in [2.24, 2.45) is 0 Å². The van der Waals surface area contributed by atoms with Gasteiger partial charge in [-0.05, 0) is 49.0 Å². The Morgan fingerprint density at radius 2 is 1.68 bits per heavy atom. The summed E-state index contributed by atoms with van der Waals surface area (Å²) < 4.78 is 16.5. The first kappa shape index (κ1) is 21.7. The fourth-order valence-electron chi connectivity index (χ4n) is 4.08. The summed E-state index contributed by atoms with van der Waals surface area (Å²) in [4.78, 5) is 27.1. The SMILES string of the molecule is Cc1ccc(Cn2cc(C=C3C(=O)NC(=S)N(c4ccccc4F)C3=O)c3ccccc32)cc1. The van der Waals surface area contributed by atoms with Crippen LogP contribution < -0.4 is 10.2 Å². The summed E-state index contributed by atoms with van der Waals surface area (Å²) in [5.41, 5.74) is 3.88. The number of hydrogen-bond donors (Lipinski definition) is 1. The lowest BCUT2D eigenvalue weighted by molar-refractivity contribution is -0.122. The number of carbonyl (C=O) groups is 2. The molecule has 4 aromatic rings. The van der Waals surface area contributed by atoms with Crippen molar-refractivity contribution in [3.8, 4) is 0 Å². The number of nitrogens with zero attached hydrogens (tertiary/aromatic N) is 2. The van der Waals surface area contributed by atoms with Gasteiger partial charge in [-0.15, -0.1) is 0 Å². The lowest BCUT2D eigenvalue weighted by Gasteiger charge is -2.29. The van der Waals surface area contributed by atoms with Gasteiger partial charge in [0.2, 0.25) is 0 Å². The molecule has 2 amide bonds. The van der Waals surface area contributed by atoms with Crippen LogP contribution in [0.2, 0.25) is 0 Å². The van der Waals surface area contributed by atoms with Gasteiger partial charge in [0.05, 0.1) is 5.69 Å². The monoisotopic (exact) mass is 469 g/mol. The Bertz CT molecular complexity index is 1490. The Balaban J connectivity index is 1.57. The van der Waals surface area contributed by atoms with Crippen LogP contribution in [0.4, 0.5) is 10.1 Å². The molecule has 0 spiro atoms. The van der Waals surface area contributed by atoms with Crippen LogP contribution in [0.3, 0.4) is 0 Å². The number of benzene rings is 3. The van der Waals surface area contributed by atoms with Gasteiger partial charge in [-0.25, -0.2) is 9.29 Å². The first-order valence-corrected chi connectivity index (χ1v) is 11.1. The predicted molar refractivity (Wildman–Crippen MR) is 135 cm³/mol. The second-order valence-corrected chi connectivity index (χ2v) is 8.51. The number of aromatic nitrogens is 1. The van der Waals surface area contributed by atoms with Crippen molar-refractivity contribution in [1.82, 2.24) is 9.88 Å². The van der Waals surface area contributed by atoms with Crippen LogP contribution in [0.5, 0.6) is 0 Å². The Morgan fingerprint density at radius 3 is 2.44 bits per heavy atom. The fraction of sp³-hybridized carbons (Fsp3) is 0.0741. The maximum absolute atomic E-state index is 14.4. The van der Waals surface area contributed by atoms with E-state index >= 15 is 0 Å². The smallest absolute Gasteiger partial charge is 0.270 e. The molecule has 3 aromatic carbocycles. The maximum atomic E-state index is 14.4. The molecule has 0 aliphatic carbocycles. The van der Waals surface area contributed by atoms with E-state index in [2.05, 4.69) is 34.1 Å². The standard InChI is InChI=1S/C27H20FN3O2S/c1-17-10-12-18(13-11-17)15-30-16-19(20-6-2-4-8-23(20)30)14-21-25(32)29-27(34)31(26(21)33)24-9-5-3-7-22(24)28/h2-14,16H,15H2,1H3,(H,29,32,34). The Morgan fingerprint density at radius 1 is 0.971 bits per heavy atom. The highest BCUT2D eigenvalue weighted by molar-refractivity contribution is 7.80. The van der Waals surface area contributed by atoms with Crippen LogP contribution in [0.1, 0.15) is 16.7 Å². The Kier molecular flexibility index (Phi) is 5.55. The van der Waals surface area contributed by atoms with Gasteiger partial charge in [-0.2, -0.15) is 0 Å². The zero-order valence-corrected chi connectivity index (χ0v) is 19.1. The van der Waals surface area contributed by atoms with E-state index in [0.717, 1.165) is 21.4 Å². The highest BCUT2D eigenvalue weighted by Crippen LogP contribution is 2.28. The second-order valence-electron chi connectivity index (χ2n) is 8.12. The lowest BCUT2D eigenvalue weighted by atomic mass is 10.1. The number of rotatable bonds is 4. The minimum atomic E-state index is -0.672. The molecule has 168 valence electrons. The Labute approximate surface area is 201 Å².